The van der Waals surface area contributed by atoms with Crippen LogP contribution in [0.3, 0.4) is 0 Å². The Balaban J connectivity index is 2.90. The smallest absolute Gasteiger partial charge is 0.322 e. The second-order valence-corrected chi connectivity index (χ2v) is 6.79. The Hall–Kier alpha value is -1.85. The molecule has 0 aromatic heterocycles. The molecule has 0 unspecified atom stereocenters. The van der Waals surface area contributed by atoms with Crippen molar-refractivity contribution in [1.29, 1.82) is 0 Å². The van der Waals surface area contributed by atoms with E-state index >= 15 is 0 Å². The van der Waals surface area contributed by atoms with Crippen LogP contribution in [0, 0.1) is 5.41 Å². The van der Waals surface area contributed by atoms with Crippen LogP contribution in [0.5, 0.6) is 0 Å². The van der Waals surface area contributed by atoms with E-state index in [0.29, 0.717) is 25.8 Å². The van der Waals surface area contributed by atoms with E-state index in [0.717, 1.165) is 0 Å². The Labute approximate surface area is 138 Å². The standard InChI is InChI=1S/C17H28N2O4/c1-6-12(13(20)18-7-2)19-14(21)17(10-8-9-11-17)15(22)23-16(3,4)5/h8-9,12H,6-7,10-11H2,1-5H3,(H,18,20)(H,19,21)/t12-/m0/s1. The highest BCUT2D eigenvalue weighted by Crippen LogP contribution is 2.36. The zero-order valence-electron chi connectivity index (χ0n) is 14.7. The Bertz CT molecular complexity index is 483. The van der Waals surface area contributed by atoms with Gasteiger partial charge in [-0.1, -0.05) is 19.1 Å². The zero-order chi connectivity index (χ0) is 17.7. The van der Waals surface area contributed by atoms with Crippen molar-refractivity contribution >= 4 is 17.8 Å². The van der Waals surface area contributed by atoms with Crippen molar-refractivity contribution in [3.05, 3.63) is 12.2 Å². The highest BCUT2D eigenvalue weighted by molar-refractivity contribution is 6.05. The topological polar surface area (TPSA) is 84.5 Å². The second kappa shape index (κ2) is 7.62. The maximum atomic E-state index is 12.7. The Kier molecular flexibility index (Phi) is 6.36. The minimum atomic E-state index is -1.27. The molecule has 0 heterocycles. The molecule has 0 aliphatic heterocycles. The molecule has 1 rings (SSSR count). The molecule has 1 aliphatic rings. The van der Waals surface area contributed by atoms with Crippen molar-refractivity contribution < 1.29 is 19.1 Å². The van der Waals surface area contributed by atoms with Crippen molar-refractivity contribution in [3.8, 4) is 0 Å². The van der Waals surface area contributed by atoms with Crippen LogP contribution in [0.1, 0.15) is 53.9 Å². The van der Waals surface area contributed by atoms with Gasteiger partial charge in [0.2, 0.25) is 11.8 Å². The number of amides is 2. The van der Waals surface area contributed by atoms with Gasteiger partial charge in [0.1, 0.15) is 11.6 Å². The summed E-state index contributed by atoms with van der Waals surface area (Å²) in [7, 11) is 0. The Morgan fingerprint density at radius 3 is 2.17 bits per heavy atom. The van der Waals surface area contributed by atoms with Gasteiger partial charge < -0.3 is 15.4 Å². The van der Waals surface area contributed by atoms with Crippen molar-refractivity contribution in [2.24, 2.45) is 5.41 Å². The van der Waals surface area contributed by atoms with Crippen molar-refractivity contribution in [2.45, 2.75) is 65.5 Å². The largest absolute Gasteiger partial charge is 0.459 e. The average molecular weight is 324 g/mol. The first-order valence-electron chi connectivity index (χ1n) is 8.13. The predicted molar refractivity (Wildman–Crippen MR) is 87.6 cm³/mol. The number of carbonyl (C=O) groups is 3. The maximum absolute atomic E-state index is 12.7. The number of hydrogen-bond acceptors (Lipinski definition) is 4. The molecule has 0 fully saturated rings. The van der Waals surface area contributed by atoms with E-state index in [1.54, 1.807) is 32.9 Å². The molecule has 0 saturated heterocycles. The first kappa shape index (κ1) is 19.2. The molecule has 0 spiro atoms. The van der Waals surface area contributed by atoms with E-state index in [1.165, 1.54) is 0 Å². The summed E-state index contributed by atoms with van der Waals surface area (Å²) in [6, 6.07) is -0.651. The van der Waals surface area contributed by atoms with Crippen LogP contribution in [0.2, 0.25) is 0 Å². The molecule has 0 saturated carbocycles. The number of nitrogens with one attached hydrogen (secondary N) is 2. The lowest BCUT2D eigenvalue weighted by atomic mass is 9.83. The second-order valence-electron chi connectivity index (χ2n) is 6.79. The van der Waals surface area contributed by atoms with E-state index < -0.39 is 28.9 Å². The highest BCUT2D eigenvalue weighted by atomic mass is 16.6. The summed E-state index contributed by atoms with van der Waals surface area (Å²) in [5.41, 5.74) is -1.94. The summed E-state index contributed by atoms with van der Waals surface area (Å²) < 4.78 is 5.43. The van der Waals surface area contributed by atoms with E-state index in [4.69, 9.17) is 4.74 Å². The molecular formula is C17H28N2O4. The molecule has 2 N–H and O–H groups in total. The number of rotatable bonds is 6. The van der Waals surface area contributed by atoms with Crippen LogP contribution < -0.4 is 10.6 Å². The molecular weight excluding hydrogens is 296 g/mol. The van der Waals surface area contributed by atoms with Gasteiger partial charge in [-0.25, -0.2) is 0 Å². The molecule has 0 bridgehead atoms. The summed E-state index contributed by atoms with van der Waals surface area (Å²) in [5, 5.41) is 5.40. The monoisotopic (exact) mass is 324 g/mol. The van der Waals surface area contributed by atoms with Crippen molar-refractivity contribution in [2.75, 3.05) is 6.54 Å². The van der Waals surface area contributed by atoms with E-state index in [2.05, 4.69) is 10.6 Å². The summed E-state index contributed by atoms with van der Waals surface area (Å²) in [4.78, 5) is 37.3. The van der Waals surface area contributed by atoms with E-state index in [9.17, 15) is 14.4 Å². The lowest BCUT2D eigenvalue weighted by Gasteiger charge is -2.31. The number of carbonyl (C=O) groups excluding carboxylic acids is 3. The van der Waals surface area contributed by atoms with Gasteiger partial charge in [-0.2, -0.15) is 0 Å². The first-order valence-corrected chi connectivity index (χ1v) is 8.13. The number of allylic oxidation sites excluding steroid dienone is 2. The van der Waals surface area contributed by atoms with Crippen LogP contribution in [0.4, 0.5) is 0 Å². The quantitative estimate of drug-likeness (QED) is 0.442. The molecule has 6 nitrogen and oxygen atoms in total. The lowest BCUT2D eigenvalue weighted by molar-refractivity contribution is -0.170. The van der Waals surface area contributed by atoms with Gasteiger partial charge in [0.05, 0.1) is 0 Å². The number of likely N-dealkylation sites (N-methyl/N-ethyl adjacent to an activating group) is 1. The summed E-state index contributed by atoms with van der Waals surface area (Å²) in [6.07, 6.45) is 4.64. The van der Waals surface area contributed by atoms with Crippen molar-refractivity contribution in [3.63, 3.8) is 0 Å². The third kappa shape index (κ3) is 4.81. The predicted octanol–water partition coefficient (Wildman–Crippen LogP) is 1.70. The number of hydrogen-bond donors (Lipinski definition) is 2. The number of ether oxygens (including phenoxy) is 1. The van der Waals surface area contributed by atoms with E-state index in [1.807, 2.05) is 13.8 Å². The van der Waals surface area contributed by atoms with Gasteiger partial charge in [-0.15, -0.1) is 0 Å². The van der Waals surface area contributed by atoms with Gasteiger partial charge >= 0.3 is 5.97 Å². The molecule has 2 amide bonds. The third-order valence-electron chi connectivity index (χ3n) is 3.70. The molecule has 23 heavy (non-hydrogen) atoms. The fourth-order valence-corrected chi connectivity index (χ4v) is 2.42. The molecule has 1 aliphatic carbocycles. The minimum absolute atomic E-state index is 0.242. The molecule has 0 radical (unpaired) electrons. The number of esters is 1. The van der Waals surface area contributed by atoms with Crippen LogP contribution >= 0.6 is 0 Å². The maximum Gasteiger partial charge on any atom is 0.322 e. The van der Waals surface area contributed by atoms with E-state index in [-0.39, 0.29) is 5.91 Å². The Morgan fingerprint density at radius 1 is 1.17 bits per heavy atom. The van der Waals surface area contributed by atoms with Crippen LogP contribution in [-0.4, -0.2) is 36.0 Å². The molecule has 1 atom stereocenters. The van der Waals surface area contributed by atoms with Gasteiger partial charge in [0, 0.05) is 6.54 Å². The minimum Gasteiger partial charge on any atom is -0.459 e. The Morgan fingerprint density at radius 2 is 1.74 bits per heavy atom. The summed E-state index contributed by atoms with van der Waals surface area (Å²) in [6.45, 7) is 9.42. The highest BCUT2D eigenvalue weighted by Gasteiger charge is 2.49. The summed E-state index contributed by atoms with van der Waals surface area (Å²) in [5.74, 6) is -1.23. The first-order chi connectivity index (χ1) is 10.7. The van der Waals surface area contributed by atoms with Crippen LogP contribution in [-0.2, 0) is 19.1 Å². The molecule has 6 heteroatoms. The van der Waals surface area contributed by atoms with Gasteiger partial charge in [0.25, 0.3) is 0 Å². The zero-order valence-corrected chi connectivity index (χ0v) is 14.7. The van der Waals surface area contributed by atoms with Crippen molar-refractivity contribution in [1.82, 2.24) is 10.6 Å². The van der Waals surface area contributed by atoms with Gasteiger partial charge in [0.15, 0.2) is 5.41 Å². The average Bonchev–Trinajstić information content (AvgIpc) is 2.93. The molecule has 130 valence electrons. The van der Waals surface area contributed by atoms with Crippen LogP contribution in [0.15, 0.2) is 12.2 Å². The summed E-state index contributed by atoms with van der Waals surface area (Å²) >= 11 is 0. The van der Waals surface area contributed by atoms with Gasteiger partial charge in [-0.3, -0.25) is 14.4 Å². The third-order valence-corrected chi connectivity index (χ3v) is 3.70. The van der Waals surface area contributed by atoms with Gasteiger partial charge in [-0.05, 0) is 47.0 Å². The molecule has 0 aromatic carbocycles. The van der Waals surface area contributed by atoms with Crippen LogP contribution in [0.25, 0.3) is 0 Å². The lowest BCUT2D eigenvalue weighted by Crippen LogP contribution is -2.54. The fraction of sp³-hybridized carbons (Fsp3) is 0.706. The normalized spacial score (nSPS) is 17.4. The molecule has 0 aromatic rings. The SMILES string of the molecule is CCNC(=O)[C@H](CC)NC(=O)C1(C(=O)OC(C)(C)C)CC=CC1. The fourth-order valence-electron chi connectivity index (χ4n) is 2.42.